The summed E-state index contributed by atoms with van der Waals surface area (Å²) in [5, 5.41) is 3.05. The minimum absolute atomic E-state index is 0.00264. The summed E-state index contributed by atoms with van der Waals surface area (Å²) in [6.07, 6.45) is 6.35. The van der Waals surface area contributed by atoms with Gasteiger partial charge in [0.05, 0.1) is 5.69 Å². The molecule has 0 unspecified atom stereocenters. The van der Waals surface area contributed by atoms with Crippen LogP contribution in [0.4, 0.5) is 0 Å². The van der Waals surface area contributed by atoms with Gasteiger partial charge in [0.15, 0.2) is 5.65 Å². The second-order valence-electron chi connectivity index (χ2n) is 6.56. The quantitative estimate of drug-likeness (QED) is 0.789. The molecule has 0 atom stereocenters. The summed E-state index contributed by atoms with van der Waals surface area (Å²) in [7, 11) is 0. The molecule has 0 spiro atoms. The Balaban J connectivity index is 1.61. The van der Waals surface area contributed by atoms with E-state index in [4.69, 9.17) is 4.98 Å². The molecule has 0 saturated heterocycles. The van der Waals surface area contributed by atoms with E-state index in [0.29, 0.717) is 11.8 Å². The zero-order chi connectivity index (χ0) is 14.7. The lowest BCUT2D eigenvalue weighted by Crippen LogP contribution is -2.17. The highest BCUT2D eigenvalue weighted by molar-refractivity contribution is 5.51. The van der Waals surface area contributed by atoms with Crippen molar-refractivity contribution >= 4 is 5.65 Å². The molecule has 0 radical (unpaired) electrons. The Morgan fingerprint density at radius 2 is 1.82 bits per heavy atom. The van der Waals surface area contributed by atoms with Gasteiger partial charge in [-0.1, -0.05) is 24.3 Å². The summed E-state index contributed by atoms with van der Waals surface area (Å²) in [5.41, 5.74) is 5.78. The van der Waals surface area contributed by atoms with Crippen LogP contribution in [0.15, 0.2) is 41.3 Å². The van der Waals surface area contributed by atoms with E-state index in [2.05, 4.69) is 29.4 Å². The van der Waals surface area contributed by atoms with Gasteiger partial charge in [0.2, 0.25) is 0 Å². The fourth-order valence-corrected chi connectivity index (χ4v) is 3.69. The van der Waals surface area contributed by atoms with E-state index in [0.717, 1.165) is 24.2 Å². The average Bonchev–Trinajstić information content (AvgIpc) is 3.12. The van der Waals surface area contributed by atoms with Gasteiger partial charge in [0.1, 0.15) is 0 Å². The summed E-state index contributed by atoms with van der Waals surface area (Å²) in [6.45, 7) is 0. The van der Waals surface area contributed by atoms with Crippen LogP contribution in [0.25, 0.3) is 5.65 Å². The van der Waals surface area contributed by atoms with Crippen LogP contribution in [-0.4, -0.2) is 14.6 Å². The van der Waals surface area contributed by atoms with Crippen molar-refractivity contribution in [1.82, 2.24) is 14.6 Å². The molecule has 4 heteroatoms. The lowest BCUT2D eigenvalue weighted by atomic mass is 10.0. The molecule has 0 bridgehead atoms. The van der Waals surface area contributed by atoms with Crippen LogP contribution in [0.5, 0.6) is 0 Å². The lowest BCUT2D eigenvalue weighted by Gasteiger charge is -2.08. The number of hydrogen-bond acceptors (Lipinski definition) is 2. The zero-order valence-corrected chi connectivity index (χ0v) is 12.2. The van der Waals surface area contributed by atoms with Crippen LogP contribution < -0.4 is 5.56 Å². The molecule has 4 nitrogen and oxygen atoms in total. The number of nitrogens with zero attached hydrogens (tertiary/aromatic N) is 2. The highest BCUT2D eigenvalue weighted by Gasteiger charge is 2.29. The first-order chi connectivity index (χ1) is 10.8. The first-order valence-electron chi connectivity index (χ1n) is 7.97. The Labute approximate surface area is 127 Å². The van der Waals surface area contributed by atoms with Gasteiger partial charge in [-0.05, 0) is 42.7 Å². The van der Waals surface area contributed by atoms with Crippen LogP contribution in [0, 0.1) is 0 Å². The number of rotatable bonds is 2. The normalized spacial score (nSPS) is 18.0. The molecule has 2 aromatic heterocycles. The van der Waals surface area contributed by atoms with Gasteiger partial charge in [-0.15, -0.1) is 0 Å². The number of hydrogen-bond donors (Lipinski definition) is 1. The van der Waals surface area contributed by atoms with Gasteiger partial charge < -0.3 is 0 Å². The van der Waals surface area contributed by atoms with Gasteiger partial charge in [-0.2, -0.15) is 0 Å². The fourth-order valence-electron chi connectivity index (χ4n) is 3.69. The molecule has 110 valence electrons. The standard InChI is InChI=1S/C18H17N3O/c22-17-9-16(14-7-12-3-1-2-4-13(12)8-14)20-18-15(11-5-6-11)10-19-21(17)18/h1-4,9-11,14,19H,5-8H2. The summed E-state index contributed by atoms with van der Waals surface area (Å²) >= 11 is 0. The first kappa shape index (κ1) is 12.2. The van der Waals surface area contributed by atoms with Crippen LogP contribution in [0.2, 0.25) is 0 Å². The molecule has 1 fully saturated rings. The van der Waals surface area contributed by atoms with Gasteiger partial charge in [0, 0.05) is 23.7 Å². The van der Waals surface area contributed by atoms with Gasteiger partial charge in [-0.3, -0.25) is 9.89 Å². The Bertz CT molecular complexity index is 908. The maximum absolute atomic E-state index is 12.4. The Morgan fingerprint density at radius 3 is 2.50 bits per heavy atom. The SMILES string of the molecule is O=c1cc(C2Cc3ccccc3C2)nc2c(C3CC3)c[nH]n12. The van der Waals surface area contributed by atoms with Crippen LogP contribution in [0.1, 0.15) is 47.1 Å². The van der Waals surface area contributed by atoms with Crippen molar-refractivity contribution in [3.63, 3.8) is 0 Å². The topological polar surface area (TPSA) is 50.2 Å². The molecular weight excluding hydrogens is 274 g/mol. The predicted octanol–water partition coefficient (Wildman–Crippen LogP) is 2.78. The Morgan fingerprint density at radius 1 is 1.09 bits per heavy atom. The number of H-pyrrole nitrogens is 1. The number of benzene rings is 1. The fraction of sp³-hybridized carbons (Fsp3) is 0.333. The van der Waals surface area contributed by atoms with Crippen LogP contribution in [-0.2, 0) is 12.8 Å². The average molecular weight is 291 g/mol. The van der Waals surface area contributed by atoms with Gasteiger partial charge in [0.25, 0.3) is 5.56 Å². The second-order valence-corrected chi connectivity index (χ2v) is 6.56. The van der Waals surface area contributed by atoms with E-state index >= 15 is 0 Å². The molecule has 3 aromatic rings. The largest absolute Gasteiger partial charge is 0.297 e. The van der Waals surface area contributed by atoms with E-state index in [9.17, 15) is 4.79 Å². The summed E-state index contributed by atoms with van der Waals surface area (Å²) in [6, 6.07) is 10.3. The number of aromatic nitrogens is 3. The van der Waals surface area contributed by atoms with E-state index < -0.39 is 0 Å². The zero-order valence-electron chi connectivity index (χ0n) is 12.2. The lowest BCUT2D eigenvalue weighted by molar-refractivity contribution is 0.706. The predicted molar refractivity (Wildman–Crippen MR) is 84.4 cm³/mol. The number of aromatic amines is 1. The molecule has 0 amide bonds. The van der Waals surface area contributed by atoms with Crippen molar-refractivity contribution in [2.75, 3.05) is 0 Å². The van der Waals surface area contributed by atoms with Crippen LogP contribution in [0.3, 0.4) is 0 Å². The van der Waals surface area contributed by atoms with E-state index in [1.807, 2.05) is 6.20 Å². The molecule has 2 heterocycles. The molecule has 2 aliphatic rings. The second kappa shape index (κ2) is 4.32. The minimum Gasteiger partial charge on any atom is -0.297 e. The van der Waals surface area contributed by atoms with Crippen molar-refractivity contribution in [2.24, 2.45) is 0 Å². The van der Waals surface area contributed by atoms with Crippen molar-refractivity contribution in [2.45, 2.75) is 37.5 Å². The van der Waals surface area contributed by atoms with Crippen molar-refractivity contribution < 1.29 is 0 Å². The Hall–Kier alpha value is -2.36. The highest BCUT2D eigenvalue weighted by Crippen LogP contribution is 2.41. The summed E-state index contributed by atoms with van der Waals surface area (Å²) in [5.74, 6) is 0.918. The summed E-state index contributed by atoms with van der Waals surface area (Å²) in [4.78, 5) is 17.2. The van der Waals surface area contributed by atoms with E-state index in [-0.39, 0.29) is 5.56 Å². The maximum Gasteiger partial charge on any atom is 0.272 e. The first-order valence-corrected chi connectivity index (χ1v) is 7.97. The molecule has 2 aliphatic carbocycles. The maximum atomic E-state index is 12.4. The third kappa shape index (κ3) is 1.76. The molecule has 5 rings (SSSR count). The molecule has 1 N–H and O–H groups in total. The van der Waals surface area contributed by atoms with E-state index in [1.54, 1.807) is 10.6 Å². The Kier molecular flexibility index (Phi) is 2.40. The summed E-state index contributed by atoms with van der Waals surface area (Å²) < 4.78 is 1.58. The van der Waals surface area contributed by atoms with Crippen LogP contribution >= 0.6 is 0 Å². The molecule has 1 aromatic carbocycles. The molecular formula is C18H17N3O. The number of fused-ring (bicyclic) bond motifs is 2. The third-order valence-corrected chi connectivity index (χ3v) is 5.03. The highest BCUT2D eigenvalue weighted by atomic mass is 16.1. The van der Waals surface area contributed by atoms with Gasteiger partial charge in [-0.25, -0.2) is 9.50 Å². The number of nitrogens with one attached hydrogen (secondary N) is 1. The van der Waals surface area contributed by atoms with E-state index in [1.165, 1.54) is 29.5 Å². The van der Waals surface area contributed by atoms with Crippen molar-refractivity contribution in [3.8, 4) is 0 Å². The monoisotopic (exact) mass is 291 g/mol. The van der Waals surface area contributed by atoms with Crippen molar-refractivity contribution in [1.29, 1.82) is 0 Å². The minimum atomic E-state index is 0.00264. The van der Waals surface area contributed by atoms with Gasteiger partial charge >= 0.3 is 0 Å². The molecule has 1 saturated carbocycles. The molecule has 0 aliphatic heterocycles. The molecule has 22 heavy (non-hydrogen) atoms. The van der Waals surface area contributed by atoms with Crippen molar-refractivity contribution in [3.05, 3.63) is 69.3 Å². The third-order valence-electron chi connectivity index (χ3n) is 5.03. The smallest absolute Gasteiger partial charge is 0.272 e.